The number of hydrogen-bond donors (Lipinski definition) is 1. The van der Waals surface area contributed by atoms with Crippen LogP contribution in [-0.2, 0) is 14.4 Å². The molecule has 3 amide bonds. The Morgan fingerprint density at radius 1 is 1.12 bits per heavy atom. The van der Waals surface area contributed by atoms with Gasteiger partial charge >= 0.3 is 0 Å². The van der Waals surface area contributed by atoms with E-state index >= 15 is 0 Å². The summed E-state index contributed by atoms with van der Waals surface area (Å²) in [4.78, 5) is 40.9. The van der Waals surface area contributed by atoms with Gasteiger partial charge in [-0.1, -0.05) is 0 Å². The molecule has 0 aliphatic carbocycles. The number of rotatable bonds is 4. The highest BCUT2D eigenvalue weighted by molar-refractivity contribution is 6.22. The van der Waals surface area contributed by atoms with Crippen LogP contribution in [0.25, 0.3) is 0 Å². The quantitative estimate of drug-likeness (QED) is 0.755. The second kappa shape index (κ2) is 6.66. The molecule has 2 fully saturated rings. The first kappa shape index (κ1) is 16.5. The molecule has 0 spiro atoms. The van der Waals surface area contributed by atoms with Crippen molar-refractivity contribution in [3.63, 3.8) is 0 Å². The van der Waals surface area contributed by atoms with E-state index in [1.165, 1.54) is 24.3 Å². The minimum Gasteiger partial charge on any atom is -0.369 e. The van der Waals surface area contributed by atoms with E-state index in [4.69, 9.17) is 5.73 Å². The van der Waals surface area contributed by atoms with E-state index in [9.17, 15) is 18.8 Å². The van der Waals surface area contributed by atoms with Crippen LogP contribution in [0.15, 0.2) is 24.3 Å². The molecule has 24 heavy (non-hydrogen) atoms. The molecule has 0 aromatic heterocycles. The van der Waals surface area contributed by atoms with Crippen molar-refractivity contribution >= 4 is 23.4 Å². The molecule has 128 valence electrons. The Balaban J connectivity index is 1.66. The summed E-state index contributed by atoms with van der Waals surface area (Å²) in [6.45, 7) is 2.63. The number of amides is 3. The molecule has 1 atom stereocenters. The van der Waals surface area contributed by atoms with Crippen LogP contribution >= 0.6 is 0 Å². The Morgan fingerprint density at radius 3 is 2.33 bits per heavy atom. The molecule has 0 saturated carbocycles. The fourth-order valence-corrected chi connectivity index (χ4v) is 3.22. The summed E-state index contributed by atoms with van der Waals surface area (Å²) in [5.74, 6) is -1.36. The van der Waals surface area contributed by atoms with Crippen LogP contribution < -0.4 is 10.6 Å². The third-order valence-electron chi connectivity index (χ3n) is 4.43. The first-order valence-corrected chi connectivity index (χ1v) is 7.83. The van der Waals surface area contributed by atoms with Crippen LogP contribution in [0.4, 0.5) is 10.1 Å². The summed E-state index contributed by atoms with van der Waals surface area (Å²) < 4.78 is 13.0. The van der Waals surface area contributed by atoms with E-state index in [2.05, 4.69) is 0 Å². The zero-order valence-electron chi connectivity index (χ0n) is 13.2. The number of primary amides is 1. The summed E-state index contributed by atoms with van der Waals surface area (Å²) in [5, 5.41) is 0. The van der Waals surface area contributed by atoms with Crippen molar-refractivity contribution in [1.29, 1.82) is 0 Å². The fourth-order valence-electron chi connectivity index (χ4n) is 3.22. The molecule has 0 bridgehead atoms. The van der Waals surface area contributed by atoms with Crippen molar-refractivity contribution in [1.82, 2.24) is 9.80 Å². The van der Waals surface area contributed by atoms with Crippen LogP contribution in [-0.4, -0.2) is 66.3 Å². The molecular weight excluding hydrogens is 315 g/mol. The fraction of sp³-hybridized carbons (Fsp3) is 0.438. The van der Waals surface area contributed by atoms with Gasteiger partial charge in [-0.3, -0.25) is 24.2 Å². The number of nitrogens with zero attached hydrogens (tertiary/aromatic N) is 3. The maximum absolute atomic E-state index is 13.0. The van der Waals surface area contributed by atoms with Crippen molar-refractivity contribution in [2.45, 2.75) is 12.5 Å². The number of carbonyl (C=O) groups is 3. The number of piperazine rings is 1. The highest BCUT2D eigenvalue weighted by Crippen LogP contribution is 2.26. The van der Waals surface area contributed by atoms with Gasteiger partial charge in [0.15, 0.2) is 0 Å². The summed E-state index contributed by atoms with van der Waals surface area (Å²) in [5.41, 5.74) is 5.58. The van der Waals surface area contributed by atoms with Gasteiger partial charge < -0.3 is 5.73 Å². The average molecular weight is 334 g/mol. The molecule has 2 N–H and O–H groups in total. The van der Waals surface area contributed by atoms with E-state index < -0.39 is 11.9 Å². The second-order valence-corrected chi connectivity index (χ2v) is 6.04. The van der Waals surface area contributed by atoms with Crippen molar-refractivity contribution < 1.29 is 18.8 Å². The molecule has 2 aliphatic heterocycles. The monoisotopic (exact) mass is 334 g/mol. The predicted molar refractivity (Wildman–Crippen MR) is 84.5 cm³/mol. The van der Waals surface area contributed by atoms with Gasteiger partial charge in [-0.2, -0.15) is 0 Å². The van der Waals surface area contributed by atoms with Gasteiger partial charge in [0.25, 0.3) is 5.91 Å². The molecule has 0 radical (unpaired) electrons. The zero-order valence-corrected chi connectivity index (χ0v) is 13.2. The topological polar surface area (TPSA) is 87.0 Å². The van der Waals surface area contributed by atoms with Gasteiger partial charge in [-0.15, -0.1) is 0 Å². The lowest BCUT2D eigenvalue weighted by Gasteiger charge is -2.36. The average Bonchev–Trinajstić information content (AvgIpc) is 2.83. The van der Waals surface area contributed by atoms with E-state index in [1.54, 1.807) is 0 Å². The summed E-state index contributed by atoms with van der Waals surface area (Å²) in [6.07, 6.45) is 0.117. The van der Waals surface area contributed by atoms with Gasteiger partial charge in [-0.05, 0) is 24.3 Å². The van der Waals surface area contributed by atoms with Crippen LogP contribution in [0.3, 0.4) is 0 Å². The summed E-state index contributed by atoms with van der Waals surface area (Å²) in [6, 6.07) is 4.81. The molecule has 0 unspecified atom stereocenters. The van der Waals surface area contributed by atoms with Gasteiger partial charge in [0.1, 0.15) is 5.82 Å². The van der Waals surface area contributed by atoms with E-state index in [0.717, 1.165) is 4.90 Å². The third-order valence-corrected chi connectivity index (χ3v) is 4.43. The zero-order chi connectivity index (χ0) is 17.3. The maximum atomic E-state index is 13.0. The van der Waals surface area contributed by atoms with Gasteiger partial charge in [-0.25, -0.2) is 9.29 Å². The molecule has 2 heterocycles. The Kier molecular flexibility index (Phi) is 4.59. The van der Waals surface area contributed by atoms with Gasteiger partial charge in [0.05, 0.1) is 24.7 Å². The number of nitrogens with two attached hydrogens (primary N) is 1. The van der Waals surface area contributed by atoms with Crippen LogP contribution in [0.1, 0.15) is 6.42 Å². The minimum atomic E-state index is -0.502. The second-order valence-electron chi connectivity index (χ2n) is 6.04. The molecule has 1 aromatic rings. The predicted octanol–water partition coefficient (Wildman–Crippen LogP) is -0.439. The smallest absolute Gasteiger partial charge is 0.251 e. The Hall–Kier alpha value is -2.32. The van der Waals surface area contributed by atoms with Crippen LogP contribution in [0.5, 0.6) is 0 Å². The van der Waals surface area contributed by atoms with Crippen LogP contribution in [0.2, 0.25) is 0 Å². The van der Waals surface area contributed by atoms with Crippen molar-refractivity contribution in [2.24, 2.45) is 5.73 Å². The SMILES string of the molecule is NC(=O)CN1CCN([C@@H]2CC(=O)N(c3ccc(F)cc3)C2=O)CC1. The molecule has 2 saturated heterocycles. The number of halogens is 1. The van der Waals surface area contributed by atoms with Gasteiger partial charge in [0.2, 0.25) is 11.8 Å². The molecule has 7 nitrogen and oxygen atoms in total. The number of imide groups is 1. The molecule has 1 aromatic carbocycles. The first-order chi connectivity index (χ1) is 11.5. The summed E-state index contributed by atoms with van der Waals surface area (Å²) >= 11 is 0. The molecule has 8 heteroatoms. The number of carbonyl (C=O) groups excluding carboxylic acids is 3. The largest absolute Gasteiger partial charge is 0.369 e. The van der Waals surface area contributed by atoms with Gasteiger partial charge in [0, 0.05) is 26.2 Å². The first-order valence-electron chi connectivity index (χ1n) is 7.83. The van der Waals surface area contributed by atoms with E-state index in [0.29, 0.717) is 31.9 Å². The van der Waals surface area contributed by atoms with E-state index in [1.807, 2.05) is 9.80 Å². The highest BCUT2D eigenvalue weighted by Gasteiger charge is 2.43. The standard InChI is InChI=1S/C16H19FN4O3/c17-11-1-3-12(4-2-11)21-15(23)9-13(16(21)24)20-7-5-19(6-8-20)10-14(18)22/h1-4,13H,5-10H2,(H2,18,22)/t13-/m1/s1. The highest BCUT2D eigenvalue weighted by atomic mass is 19.1. The number of hydrogen-bond acceptors (Lipinski definition) is 5. The van der Waals surface area contributed by atoms with Crippen LogP contribution in [0, 0.1) is 5.82 Å². The lowest BCUT2D eigenvalue weighted by molar-refractivity contribution is -0.124. The number of benzene rings is 1. The molecule has 2 aliphatic rings. The Bertz CT molecular complexity index is 656. The maximum Gasteiger partial charge on any atom is 0.251 e. The normalized spacial score (nSPS) is 23.0. The van der Waals surface area contributed by atoms with Crippen molar-refractivity contribution in [2.75, 3.05) is 37.6 Å². The van der Waals surface area contributed by atoms with Crippen molar-refractivity contribution in [3.8, 4) is 0 Å². The molecular formula is C16H19FN4O3. The van der Waals surface area contributed by atoms with E-state index in [-0.39, 0.29) is 30.7 Å². The Morgan fingerprint density at radius 2 is 1.75 bits per heavy atom. The van der Waals surface area contributed by atoms with Crippen molar-refractivity contribution in [3.05, 3.63) is 30.1 Å². The lowest BCUT2D eigenvalue weighted by Crippen LogP contribution is -2.53. The molecule has 3 rings (SSSR count). The summed E-state index contributed by atoms with van der Waals surface area (Å²) in [7, 11) is 0. The number of anilines is 1. The Labute approximate surface area is 138 Å². The lowest BCUT2D eigenvalue weighted by atomic mass is 10.1. The minimum absolute atomic E-state index is 0.117. The third kappa shape index (κ3) is 3.29.